The normalized spacial score (nSPS) is 10.2. The van der Waals surface area contributed by atoms with E-state index < -0.39 is 0 Å². The Labute approximate surface area is 146 Å². The van der Waals surface area contributed by atoms with Gasteiger partial charge >= 0.3 is 0 Å². The fraction of sp³-hybridized carbons (Fsp3) is 0.100. The average molecular weight is 335 g/mol. The fourth-order valence-electron chi connectivity index (χ4n) is 2.49. The van der Waals surface area contributed by atoms with Gasteiger partial charge in [0.1, 0.15) is 17.0 Å². The van der Waals surface area contributed by atoms with E-state index in [-0.39, 0.29) is 5.15 Å². The highest BCUT2D eigenvalue weighted by molar-refractivity contribution is 6.30. The van der Waals surface area contributed by atoms with Gasteiger partial charge in [0.15, 0.2) is 0 Å². The molecule has 0 bridgehead atoms. The fourth-order valence-corrected chi connectivity index (χ4v) is 2.67. The SMILES string of the molecule is COc1ccc(-c2cc(C#N)c(Cl)nc2-c2ccc(C)cc2)cc1. The lowest BCUT2D eigenvalue weighted by atomic mass is 9.97. The smallest absolute Gasteiger partial charge is 0.147 e. The summed E-state index contributed by atoms with van der Waals surface area (Å²) in [6, 6.07) is 19.6. The minimum absolute atomic E-state index is 0.213. The molecule has 0 spiro atoms. The Bertz CT molecular complexity index is 910. The lowest BCUT2D eigenvalue weighted by Gasteiger charge is -2.12. The third-order valence-electron chi connectivity index (χ3n) is 3.82. The molecule has 118 valence electrons. The molecule has 4 heteroatoms. The van der Waals surface area contributed by atoms with Gasteiger partial charge in [-0.15, -0.1) is 0 Å². The van der Waals surface area contributed by atoms with Gasteiger partial charge < -0.3 is 4.74 Å². The van der Waals surface area contributed by atoms with Gasteiger partial charge in [0.05, 0.1) is 18.4 Å². The summed E-state index contributed by atoms with van der Waals surface area (Å²) in [4.78, 5) is 4.47. The van der Waals surface area contributed by atoms with Crippen molar-refractivity contribution in [3.63, 3.8) is 0 Å². The topological polar surface area (TPSA) is 45.9 Å². The minimum Gasteiger partial charge on any atom is -0.497 e. The van der Waals surface area contributed by atoms with Gasteiger partial charge in [-0.05, 0) is 30.7 Å². The van der Waals surface area contributed by atoms with Gasteiger partial charge in [-0.3, -0.25) is 0 Å². The molecule has 24 heavy (non-hydrogen) atoms. The molecular formula is C20H15ClN2O. The number of aryl methyl sites for hydroxylation is 1. The maximum Gasteiger partial charge on any atom is 0.147 e. The molecule has 3 nitrogen and oxygen atoms in total. The molecule has 0 N–H and O–H groups in total. The number of aromatic nitrogens is 1. The van der Waals surface area contributed by atoms with Crippen LogP contribution in [0.15, 0.2) is 54.6 Å². The zero-order valence-electron chi connectivity index (χ0n) is 13.4. The highest BCUT2D eigenvalue weighted by Crippen LogP contribution is 2.34. The number of nitriles is 1. The second-order valence-electron chi connectivity index (χ2n) is 5.43. The zero-order valence-corrected chi connectivity index (χ0v) is 14.1. The molecule has 3 rings (SSSR count). The molecule has 0 saturated carbocycles. The number of benzene rings is 2. The van der Waals surface area contributed by atoms with Crippen LogP contribution in [-0.2, 0) is 0 Å². The molecule has 0 fully saturated rings. The van der Waals surface area contributed by atoms with E-state index in [0.29, 0.717) is 5.56 Å². The first-order valence-corrected chi connectivity index (χ1v) is 7.82. The van der Waals surface area contributed by atoms with Crippen LogP contribution in [0.25, 0.3) is 22.4 Å². The Kier molecular flexibility index (Phi) is 4.50. The van der Waals surface area contributed by atoms with Crippen LogP contribution in [0.4, 0.5) is 0 Å². The third kappa shape index (κ3) is 3.10. The molecule has 0 atom stereocenters. The van der Waals surface area contributed by atoms with Gasteiger partial charge in [0.25, 0.3) is 0 Å². The standard InChI is InChI=1S/C20H15ClN2O/c1-13-3-5-15(6-4-13)19-18(11-16(12-22)20(21)23-19)14-7-9-17(24-2)10-8-14/h3-11H,1-2H3. The summed E-state index contributed by atoms with van der Waals surface area (Å²) in [5.74, 6) is 0.776. The van der Waals surface area contributed by atoms with Crippen molar-refractivity contribution in [2.75, 3.05) is 7.11 Å². The molecule has 0 aliphatic carbocycles. The van der Waals surface area contributed by atoms with E-state index in [1.165, 1.54) is 5.56 Å². The molecular weight excluding hydrogens is 320 g/mol. The summed E-state index contributed by atoms with van der Waals surface area (Å²) < 4.78 is 5.21. The van der Waals surface area contributed by atoms with E-state index >= 15 is 0 Å². The quantitative estimate of drug-likeness (QED) is 0.614. The molecule has 0 amide bonds. The van der Waals surface area contributed by atoms with E-state index in [9.17, 15) is 5.26 Å². The molecule has 1 heterocycles. The molecule has 1 aromatic heterocycles. The summed E-state index contributed by atoms with van der Waals surface area (Å²) in [7, 11) is 1.63. The van der Waals surface area contributed by atoms with Crippen LogP contribution in [0.1, 0.15) is 11.1 Å². The van der Waals surface area contributed by atoms with Crippen molar-refractivity contribution in [1.29, 1.82) is 5.26 Å². The Hall–Kier alpha value is -2.83. The molecule has 3 aromatic rings. The largest absolute Gasteiger partial charge is 0.497 e. The van der Waals surface area contributed by atoms with Crippen molar-refractivity contribution >= 4 is 11.6 Å². The second kappa shape index (κ2) is 6.74. The van der Waals surface area contributed by atoms with E-state index in [4.69, 9.17) is 16.3 Å². The number of hydrogen-bond donors (Lipinski definition) is 0. The number of hydrogen-bond acceptors (Lipinski definition) is 3. The van der Waals surface area contributed by atoms with Crippen LogP contribution in [0.5, 0.6) is 5.75 Å². The number of ether oxygens (including phenoxy) is 1. The molecule has 0 radical (unpaired) electrons. The van der Waals surface area contributed by atoms with Crippen LogP contribution < -0.4 is 4.74 Å². The number of pyridine rings is 1. The Balaban J connectivity index is 2.21. The average Bonchev–Trinajstić information content (AvgIpc) is 2.62. The van der Waals surface area contributed by atoms with Crippen molar-refractivity contribution < 1.29 is 4.74 Å². The summed E-state index contributed by atoms with van der Waals surface area (Å²) in [5, 5.41) is 9.49. The maximum absolute atomic E-state index is 9.28. The molecule has 0 saturated heterocycles. The maximum atomic E-state index is 9.28. The summed E-state index contributed by atoms with van der Waals surface area (Å²) in [6.45, 7) is 2.04. The molecule has 0 aliphatic heterocycles. The Morgan fingerprint density at radius 1 is 1.00 bits per heavy atom. The van der Waals surface area contributed by atoms with Crippen LogP contribution in [0, 0.1) is 18.3 Å². The Morgan fingerprint density at radius 2 is 1.62 bits per heavy atom. The zero-order chi connectivity index (χ0) is 17.1. The van der Waals surface area contributed by atoms with Crippen molar-refractivity contribution in [3.05, 3.63) is 70.9 Å². The number of methoxy groups -OCH3 is 1. The number of halogens is 1. The van der Waals surface area contributed by atoms with Crippen molar-refractivity contribution in [2.45, 2.75) is 6.92 Å². The van der Waals surface area contributed by atoms with Gasteiger partial charge in [0, 0.05) is 11.1 Å². The van der Waals surface area contributed by atoms with Gasteiger partial charge in [-0.2, -0.15) is 5.26 Å². The summed E-state index contributed by atoms with van der Waals surface area (Å²) in [5.41, 5.74) is 5.05. The first-order valence-electron chi connectivity index (χ1n) is 7.44. The van der Waals surface area contributed by atoms with Crippen LogP contribution >= 0.6 is 11.6 Å². The highest BCUT2D eigenvalue weighted by Gasteiger charge is 2.14. The molecule has 0 aliphatic rings. The van der Waals surface area contributed by atoms with E-state index in [0.717, 1.165) is 28.1 Å². The van der Waals surface area contributed by atoms with Crippen LogP contribution in [0.3, 0.4) is 0 Å². The predicted molar refractivity (Wildman–Crippen MR) is 96.1 cm³/mol. The first-order chi connectivity index (χ1) is 11.6. The predicted octanol–water partition coefficient (Wildman–Crippen LogP) is 5.26. The highest BCUT2D eigenvalue weighted by atomic mass is 35.5. The van der Waals surface area contributed by atoms with Gasteiger partial charge in [0.2, 0.25) is 0 Å². The number of nitrogens with zero attached hydrogens (tertiary/aromatic N) is 2. The third-order valence-corrected chi connectivity index (χ3v) is 4.11. The lowest BCUT2D eigenvalue weighted by molar-refractivity contribution is 0.415. The monoisotopic (exact) mass is 334 g/mol. The number of rotatable bonds is 3. The van der Waals surface area contributed by atoms with E-state index in [2.05, 4.69) is 11.1 Å². The molecule has 0 unspecified atom stereocenters. The van der Waals surface area contributed by atoms with Crippen LogP contribution in [0.2, 0.25) is 5.15 Å². The molecule has 2 aromatic carbocycles. The summed E-state index contributed by atoms with van der Waals surface area (Å²) in [6.07, 6.45) is 0. The second-order valence-corrected chi connectivity index (χ2v) is 5.79. The van der Waals surface area contributed by atoms with Crippen molar-refractivity contribution in [2.24, 2.45) is 0 Å². The minimum atomic E-state index is 0.213. The first kappa shape index (κ1) is 16.0. The van der Waals surface area contributed by atoms with Crippen molar-refractivity contribution in [3.8, 4) is 34.2 Å². The summed E-state index contributed by atoms with van der Waals surface area (Å²) >= 11 is 6.16. The van der Waals surface area contributed by atoms with Crippen molar-refractivity contribution in [1.82, 2.24) is 4.98 Å². The van der Waals surface area contributed by atoms with Gasteiger partial charge in [-0.1, -0.05) is 53.6 Å². The Morgan fingerprint density at radius 3 is 2.21 bits per heavy atom. The van der Waals surface area contributed by atoms with E-state index in [1.807, 2.05) is 55.5 Å². The van der Waals surface area contributed by atoms with Gasteiger partial charge in [-0.25, -0.2) is 4.98 Å². The van der Waals surface area contributed by atoms with Crippen LogP contribution in [-0.4, -0.2) is 12.1 Å². The lowest BCUT2D eigenvalue weighted by Crippen LogP contribution is -1.94. The van der Waals surface area contributed by atoms with E-state index in [1.54, 1.807) is 13.2 Å².